The van der Waals surface area contributed by atoms with Crippen LogP contribution in [0.25, 0.3) is 0 Å². The zero-order valence-corrected chi connectivity index (χ0v) is 12.1. The third kappa shape index (κ3) is 8.09. The number of hydrogen-bond acceptors (Lipinski definition) is 2. The minimum atomic E-state index is -0.934. The van der Waals surface area contributed by atoms with Crippen molar-refractivity contribution in [3.05, 3.63) is 0 Å². The molecule has 0 unspecified atom stereocenters. The SMILES string of the molecule is CCCCC(=O)N(CC(=O)O)C[C@@H](C)CC(C)C. The molecule has 0 saturated heterocycles. The molecule has 1 atom stereocenters. The van der Waals surface area contributed by atoms with Gasteiger partial charge in [-0.15, -0.1) is 0 Å². The molecule has 0 aromatic heterocycles. The van der Waals surface area contributed by atoms with E-state index in [0.717, 1.165) is 19.3 Å². The van der Waals surface area contributed by atoms with Crippen molar-refractivity contribution in [2.45, 2.75) is 53.4 Å². The first kappa shape index (κ1) is 16.9. The highest BCUT2D eigenvalue weighted by atomic mass is 16.4. The Balaban J connectivity index is 4.38. The van der Waals surface area contributed by atoms with Gasteiger partial charge in [0.1, 0.15) is 6.54 Å². The number of amides is 1. The fourth-order valence-corrected chi connectivity index (χ4v) is 2.16. The van der Waals surface area contributed by atoms with Crippen LogP contribution in [0.1, 0.15) is 53.4 Å². The summed E-state index contributed by atoms with van der Waals surface area (Å²) in [4.78, 5) is 24.2. The second kappa shape index (κ2) is 8.95. The van der Waals surface area contributed by atoms with Crippen LogP contribution in [0, 0.1) is 11.8 Å². The number of carboxylic acid groups (broad SMARTS) is 1. The number of hydrogen-bond donors (Lipinski definition) is 1. The molecule has 0 aliphatic heterocycles. The molecule has 0 bridgehead atoms. The lowest BCUT2D eigenvalue weighted by molar-refractivity contribution is -0.145. The second-order valence-corrected chi connectivity index (χ2v) is 5.51. The van der Waals surface area contributed by atoms with E-state index in [2.05, 4.69) is 20.8 Å². The van der Waals surface area contributed by atoms with Gasteiger partial charge < -0.3 is 10.0 Å². The number of aliphatic carboxylic acids is 1. The Morgan fingerprint density at radius 2 is 1.83 bits per heavy atom. The molecule has 0 radical (unpaired) electrons. The van der Waals surface area contributed by atoms with E-state index >= 15 is 0 Å². The lowest BCUT2D eigenvalue weighted by Crippen LogP contribution is -2.38. The van der Waals surface area contributed by atoms with Gasteiger partial charge in [0, 0.05) is 13.0 Å². The van der Waals surface area contributed by atoms with Gasteiger partial charge in [0.25, 0.3) is 0 Å². The molecule has 0 aliphatic rings. The van der Waals surface area contributed by atoms with Crippen molar-refractivity contribution < 1.29 is 14.7 Å². The molecule has 0 spiro atoms. The zero-order valence-electron chi connectivity index (χ0n) is 12.1. The van der Waals surface area contributed by atoms with Gasteiger partial charge in [0.15, 0.2) is 0 Å². The van der Waals surface area contributed by atoms with Crippen molar-refractivity contribution in [3.8, 4) is 0 Å². The molecule has 0 heterocycles. The van der Waals surface area contributed by atoms with Crippen LogP contribution in [0.5, 0.6) is 0 Å². The Morgan fingerprint density at radius 1 is 1.22 bits per heavy atom. The number of carbonyl (C=O) groups excluding carboxylic acids is 1. The molecule has 0 rings (SSSR count). The van der Waals surface area contributed by atoms with Crippen LogP contribution in [0.2, 0.25) is 0 Å². The van der Waals surface area contributed by atoms with Gasteiger partial charge in [-0.3, -0.25) is 9.59 Å². The van der Waals surface area contributed by atoms with Crippen LogP contribution in [0.4, 0.5) is 0 Å². The van der Waals surface area contributed by atoms with Crippen molar-refractivity contribution in [3.63, 3.8) is 0 Å². The van der Waals surface area contributed by atoms with E-state index in [0.29, 0.717) is 24.8 Å². The first-order valence-corrected chi connectivity index (χ1v) is 6.86. The van der Waals surface area contributed by atoms with Crippen molar-refractivity contribution in [1.82, 2.24) is 4.90 Å². The summed E-state index contributed by atoms with van der Waals surface area (Å²) in [6, 6.07) is 0. The van der Waals surface area contributed by atoms with E-state index < -0.39 is 5.97 Å². The van der Waals surface area contributed by atoms with Crippen molar-refractivity contribution in [2.75, 3.05) is 13.1 Å². The summed E-state index contributed by atoms with van der Waals surface area (Å²) in [5, 5.41) is 8.86. The Hall–Kier alpha value is -1.06. The smallest absolute Gasteiger partial charge is 0.323 e. The number of rotatable bonds is 9. The van der Waals surface area contributed by atoms with Crippen LogP contribution in [-0.2, 0) is 9.59 Å². The van der Waals surface area contributed by atoms with E-state index in [1.54, 1.807) is 0 Å². The van der Waals surface area contributed by atoms with Gasteiger partial charge >= 0.3 is 5.97 Å². The van der Waals surface area contributed by atoms with Crippen LogP contribution in [-0.4, -0.2) is 35.0 Å². The Bertz CT molecular complexity index is 264. The fourth-order valence-electron chi connectivity index (χ4n) is 2.16. The third-order valence-corrected chi connectivity index (χ3v) is 2.83. The number of carbonyl (C=O) groups is 2. The molecule has 0 aromatic rings. The molecular formula is C14H27NO3. The molecule has 0 aliphatic carbocycles. The molecule has 4 nitrogen and oxygen atoms in total. The third-order valence-electron chi connectivity index (χ3n) is 2.83. The van der Waals surface area contributed by atoms with Crippen molar-refractivity contribution >= 4 is 11.9 Å². The second-order valence-electron chi connectivity index (χ2n) is 5.51. The number of unbranched alkanes of at least 4 members (excludes halogenated alkanes) is 1. The normalized spacial score (nSPS) is 12.5. The summed E-state index contributed by atoms with van der Waals surface area (Å²) < 4.78 is 0. The van der Waals surface area contributed by atoms with E-state index in [-0.39, 0.29) is 12.5 Å². The highest BCUT2D eigenvalue weighted by molar-refractivity contribution is 5.81. The molecule has 0 aromatic carbocycles. The maximum Gasteiger partial charge on any atom is 0.323 e. The molecule has 18 heavy (non-hydrogen) atoms. The minimum absolute atomic E-state index is 0.0325. The first-order valence-electron chi connectivity index (χ1n) is 6.86. The minimum Gasteiger partial charge on any atom is -0.480 e. The summed E-state index contributed by atoms with van der Waals surface area (Å²) >= 11 is 0. The lowest BCUT2D eigenvalue weighted by Gasteiger charge is -2.25. The van der Waals surface area contributed by atoms with E-state index in [1.165, 1.54) is 4.90 Å². The molecule has 4 heteroatoms. The maximum absolute atomic E-state index is 11.9. The molecule has 106 valence electrons. The average Bonchev–Trinajstić information content (AvgIpc) is 2.23. The van der Waals surface area contributed by atoms with Crippen molar-refractivity contribution in [1.29, 1.82) is 0 Å². The van der Waals surface area contributed by atoms with Gasteiger partial charge in [0.2, 0.25) is 5.91 Å². The fraction of sp³-hybridized carbons (Fsp3) is 0.857. The van der Waals surface area contributed by atoms with E-state index in [4.69, 9.17) is 5.11 Å². The standard InChI is InChI=1S/C14H27NO3/c1-5-6-7-13(16)15(10-14(17)18)9-12(4)8-11(2)3/h11-12H,5-10H2,1-4H3,(H,17,18)/t12-/m0/s1. The van der Waals surface area contributed by atoms with Gasteiger partial charge in [-0.25, -0.2) is 0 Å². The Morgan fingerprint density at radius 3 is 2.28 bits per heavy atom. The molecule has 0 saturated carbocycles. The lowest BCUT2D eigenvalue weighted by atomic mass is 9.98. The maximum atomic E-state index is 11.9. The molecule has 1 amide bonds. The average molecular weight is 257 g/mol. The number of carboxylic acids is 1. The van der Waals surface area contributed by atoms with Gasteiger partial charge in [-0.1, -0.05) is 34.1 Å². The van der Waals surface area contributed by atoms with Gasteiger partial charge in [0.05, 0.1) is 0 Å². The highest BCUT2D eigenvalue weighted by Gasteiger charge is 2.19. The summed E-state index contributed by atoms with van der Waals surface area (Å²) in [6.45, 7) is 8.74. The summed E-state index contributed by atoms with van der Waals surface area (Å²) in [7, 11) is 0. The van der Waals surface area contributed by atoms with E-state index in [1.807, 2.05) is 6.92 Å². The van der Waals surface area contributed by atoms with Crippen molar-refractivity contribution in [2.24, 2.45) is 11.8 Å². The van der Waals surface area contributed by atoms with Crippen LogP contribution in [0.15, 0.2) is 0 Å². The van der Waals surface area contributed by atoms with Crippen LogP contribution < -0.4 is 0 Å². The number of nitrogens with zero attached hydrogens (tertiary/aromatic N) is 1. The van der Waals surface area contributed by atoms with Gasteiger partial charge in [-0.05, 0) is 24.7 Å². The predicted molar refractivity (Wildman–Crippen MR) is 72.4 cm³/mol. The topological polar surface area (TPSA) is 57.6 Å². The molecular weight excluding hydrogens is 230 g/mol. The quantitative estimate of drug-likeness (QED) is 0.691. The highest BCUT2D eigenvalue weighted by Crippen LogP contribution is 2.13. The summed E-state index contributed by atoms with van der Waals surface area (Å²) in [5.41, 5.74) is 0. The first-order chi connectivity index (χ1) is 8.36. The van der Waals surface area contributed by atoms with Crippen LogP contribution in [0.3, 0.4) is 0 Å². The molecule has 1 N–H and O–H groups in total. The van der Waals surface area contributed by atoms with Crippen LogP contribution >= 0.6 is 0 Å². The van der Waals surface area contributed by atoms with E-state index in [9.17, 15) is 9.59 Å². The summed E-state index contributed by atoms with van der Waals surface area (Å²) in [5.74, 6) is -0.0567. The van der Waals surface area contributed by atoms with Gasteiger partial charge in [-0.2, -0.15) is 0 Å². The molecule has 0 fully saturated rings. The largest absolute Gasteiger partial charge is 0.480 e. The Kier molecular flexibility index (Phi) is 8.42. The monoisotopic (exact) mass is 257 g/mol. The Labute approximate surface area is 110 Å². The zero-order chi connectivity index (χ0) is 14.1. The predicted octanol–water partition coefficient (Wildman–Crippen LogP) is 2.77. The summed E-state index contributed by atoms with van der Waals surface area (Å²) in [6.07, 6.45) is 3.25.